The first-order valence-electron chi connectivity index (χ1n) is 6.63. The zero-order chi connectivity index (χ0) is 16.0. The molecule has 0 fully saturated rings. The van der Waals surface area contributed by atoms with E-state index < -0.39 is 5.92 Å². The van der Waals surface area contributed by atoms with Gasteiger partial charge in [0, 0.05) is 5.54 Å². The molecule has 2 amide bonds. The summed E-state index contributed by atoms with van der Waals surface area (Å²) in [5.74, 6) is -1.37. The number of nitrogens with two attached hydrogens (primary N) is 1. The predicted molar refractivity (Wildman–Crippen MR) is 86.9 cm³/mol. The van der Waals surface area contributed by atoms with Gasteiger partial charge in [0.05, 0.1) is 11.5 Å². The van der Waals surface area contributed by atoms with E-state index in [0.29, 0.717) is 5.56 Å². The van der Waals surface area contributed by atoms with Crippen LogP contribution in [-0.4, -0.2) is 28.9 Å². The highest BCUT2D eigenvalue weighted by Crippen LogP contribution is 2.16. The molecule has 0 saturated carbocycles. The van der Waals surface area contributed by atoms with Gasteiger partial charge in [0.15, 0.2) is 0 Å². The van der Waals surface area contributed by atoms with Crippen molar-refractivity contribution in [1.82, 2.24) is 10.6 Å². The Morgan fingerprint density at radius 3 is 2.29 bits per heavy atom. The normalized spacial score (nSPS) is 12.3. The Morgan fingerprint density at radius 1 is 1.24 bits per heavy atom. The minimum Gasteiger partial charge on any atom is -0.392 e. The van der Waals surface area contributed by atoms with Gasteiger partial charge in [0.2, 0.25) is 11.8 Å². The number of nitrogens with one attached hydrogen (secondary N) is 2. The van der Waals surface area contributed by atoms with E-state index in [2.05, 4.69) is 10.6 Å². The molecule has 0 aromatic heterocycles. The van der Waals surface area contributed by atoms with Gasteiger partial charge in [-0.1, -0.05) is 42.5 Å². The molecular weight excluding hydrogens is 286 g/mol. The Balaban J connectivity index is 2.68. The Bertz CT molecular complexity index is 523. The highest BCUT2D eigenvalue weighted by molar-refractivity contribution is 7.80. The quantitative estimate of drug-likeness (QED) is 0.711. The molecular formula is C15H21N3O2S. The van der Waals surface area contributed by atoms with Crippen LogP contribution in [0.2, 0.25) is 0 Å². The van der Waals surface area contributed by atoms with Crippen LogP contribution in [-0.2, 0) is 9.59 Å². The molecule has 1 rings (SSSR count). The third-order valence-electron chi connectivity index (χ3n) is 2.62. The van der Waals surface area contributed by atoms with E-state index in [0.717, 1.165) is 0 Å². The van der Waals surface area contributed by atoms with Crippen molar-refractivity contribution in [2.75, 3.05) is 6.54 Å². The van der Waals surface area contributed by atoms with Crippen LogP contribution >= 0.6 is 12.2 Å². The molecule has 0 radical (unpaired) electrons. The lowest BCUT2D eigenvalue weighted by Gasteiger charge is -2.21. The summed E-state index contributed by atoms with van der Waals surface area (Å²) in [5.41, 5.74) is 6.01. The number of amides is 2. The van der Waals surface area contributed by atoms with Gasteiger partial charge in [-0.3, -0.25) is 9.59 Å². The van der Waals surface area contributed by atoms with E-state index in [9.17, 15) is 9.59 Å². The van der Waals surface area contributed by atoms with E-state index >= 15 is 0 Å². The van der Waals surface area contributed by atoms with Crippen LogP contribution in [0.5, 0.6) is 0 Å². The first-order valence-corrected chi connectivity index (χ1v) is 7.04. The summed E-state index contributed by atoms with van der Waals surface area (Å²) >= 11 is 4.96. The average Bonchev–Trinajstić information content (AvgIpc) is 2.35. The molecule has 6 heteroatoms. The fourth-order valence-corrected chi connectivity index (χ4v) is 2.07. The van der Waals surface area contributed by atoms with E-state index in [1.165, 1.54) is 0 Å². The minimum atomic E-state index is -0.733. The lowest BCUT2D eigenvalue weighted by Crippen LogP contribution is -2.47. The smallest absolute Gasteiger partial charge is 0.239 e. The molecule has 0 bridgehead atoms. The summed E-state index contributed by atoms with van der Waals surface area (Å²) in [6, 6.07) is 9.01. The standard InChI is InChI=1S/C15H21N3O2S/c1-15(2,3)18-11(19)9-17-14(20)12(13(16)21)10-7-5-4-6-8-10/h4-8,12H,9H2,1-3H3,(H2,16,21)(H,17,20)(H,18,19). The fourth-order valence-electron chi connectivity index (χ4n) is 1.82. The van der Waals surface area contributed by atoms with E-state index in [1.54, 1.807) is 24.3 Å². The van der Waals surface area contributed by atoms with Crippen LogP contribution < -0.4 is 16.4 Å². The van der Waals surface area contributed by atoms with Crippen LogP contribution in [0.15, 0.2) is 30.3 Å². The maximum absolute atomic E-state index is 12.2. The Hall–Kier alpha value is -1.95. The molecule has 0 saturated heterocycles. The van der Waals surface area contributed by atoms with Gasteiger partial charge in [-0.05, 0) is 26.3 Å². The lowest BCUT2D eigenvalue weighted by atomic mass is 9.98. The molecule has 1 atom stereocenters. The van der Waals surface area contributed by atoms with Crippen molar-refractivity contribution in [3.63, 3.8) is 0 Å². The largest absolute Gasteiger partial charge is 0.392 e. The van der Waals surface area contributed by atoms with Crippen molar-refractivity contribution in [2.24, 2.45) is 5.73 Å². The van der Waals surface area contributed by atoms with E-state index in [4.69, 9.17) is 18.0 Å². The molecule has 0 aliphatic carbocycles. The molecule has 1 aromatic carbocycles. The predicted octanol–water partition coefficient (Wildman–Crippen LogP) is 1.09. The number of rotatable bonds is 5. The maximum Gasteiger partial charge on any atom is 0.239 e. The minimum absolute atomic E-state index is 0.0786. The molecule has 5 nitrogen and oxygen atoms in total. The van der Waals surface area contributed by atoms with Crippen molar-refractivity contribution >= 4 is 29.0 Å². The van der Waals surface area contributed by atoms with Crippen LogP contribution in [0.3, 0.4) is 0 Å². The third-order valence-corrected chi connectivity index (χ3v) is 2.85. The van der Waals surface area contributed by atoms with E-state index in [-0.39, 0.29) is 28.9 Å². The molecule has 0 spiro atoms. The van der Waals surface area contributed by atoms with Crippen LogP contribution in [0.1, 0.15) is 32.3 Å². The second-order valence-electron chi connectivity index (χ2n) is 5.76. The molecule has 114 valence electrons. The first kappa shape index (κ1) is 17.1. The highest BCUT2D eigenvalue weighted by atomic mass is 32.1. The second kappa shape index (κ2) is 7.17. The summed E-state index contributed by atoms with van der Waals surface area (Å²) in [4.78, 5) is 24.0. The number of benzene rings is 1. The average molecular weight is 307 g/mol. The molecule has 0 aliphatic rings. The van der Waals surface area contributed by atoms with Crippen molar-refractivity contribution in [2.45, 2.75) is 32.2 Å². The van der Waals surface area contributed by atoms with Gasteiger partial charge < -0.3 is 16.4 Å². The molecule has 1 aromatic rings. The van der Waals surface area contributed by atoms with Crippen LogP contribution in [0.4, 0.5) is 0 Å². The summed E-state index contributed by atoms with van der Waals surface area (Å²) in [6.45, 7) is 5.50. The van der Waals surface area contributed by atoms with Gasteiger partial charge >= 0.3 is 0 Å². The van der Waals surface area contributed by atoms with Crippen LogP contribution in [0.25, 0.3) is 0 Å². The van der Waals surface area contributed by atoms with Crippen LogP contribution in [0, 0.1) is 0 Å². The molecule has 4 N–H and O–H groups in total. The van der Waals surface area contributed by atoms with Crippen molar-refractivity contribution in [3.8, 4) is 0 Å². The van der Waals surface area contributed by atoms with Crippen molar-refractivity contribution < 1.29 is 9.59 Å². The molecule has 0 heterocycles. The monoisotopic (exact) mass is 307 g/mol. The zero-order valence-corrected chi connectivity index (χ0v) is 13.3. The lowest BCUT2D eigenvalue weighted by molar-refractivity contribution is -0.126. The number of thiocarbonyl (C=S) groups is 1. The maximum atomic E-state index is 12.2. The SMILES string of the molecule is CC(C)(C)NC(=O)CNC(=O)C(C(N)=S)c1ccccc1. The Labute approximate surface area is 130 Å². The molecule has 1 unspecified atom stereocenters. The van der Waals surface area contributed by atoms with Gasteiger partial charge in [-0.2, -0.15) is 0 Å². The third kappa shape index (κ3) is 5.91. The fraction of sp³-hybridized carbons (Fsp3) is 0.400. The number of hydrogen-bond acceptors (Lipinski definition) is 3. The summed E-state index contributed by atoms with van der Waals surface area (Å²) in [7, 11) is 0. The first-order chi connectivity index (χ1) is 9.70. The summed E-state index contributed by atoms with van der Waals surface area (Å²) < 4.78 is 0. The number of carbonyl (C=O) groups excluding carboxylic acids is 2. The molecule has 0 aliphatic heterocycles. The number of hydrogen-bond donors (Lipinski definition) is 3. The molecule has 21 heavy (non-hydrogen) atoms. The zero-order valence-electron chi connectivity index (χ0n) is 12.5. The van der Waals surface area contributed by atoms with Gasteiger partial charge in [-0.15, -0.1) is 0 Å². The van der Waals surface area contributed by atoms with E-state index in [1.807, 2.05) is 26.8 Å². The Morgan fingerprint density at radius 2 is 1.81 bits per heavy atom. The topological polar surface area (TPSA) is 84.2 Å². The van der Waals surface area contributed by atoms with Crippen molar-refractivity contribution in [1.29, 1.82) is 0 Å². The Kier molecular flexibility index (Phi) is 5.84. The van der Waals surface area contributed by atoms with Crippen molar-refractivity contribution in [3.05, 3.63) is 35.9 Å². The summed E-state index contributed by atoms with van der Waals surface area (Å²) in [5, 5.41) is 5.33. The van der Waals surface area contributed by atoms with Gasteiger partial charge in [-0.25, -0.2) is 0 Å². The van der Waals surface area contributed by atoms with Gasteiger partial charge in [0.1, 0.15) is 5.92 Å². The highest BCUT2D eigenvalue weighted by Gasteiger charge is 2.24. The number of carbonyl (C=O) groups is 2. The summed E-state index contributed by atoms with van der Waals surface area (Å²) in [6.07, 6.45) is 0. The second-order valence-corrected chi connectivity index (χ2v) is 6.23. The van der Waals surface area contributed by atoms with Gasteiger partial charge in [0.25, 0.3) is 0 Å².